The molecule has 1 atom stereocenters. The van der Waals surface area contributed by atoms with Gasteiger partial charge >= 0.3 is 5.69 Å². The lowest BCUT2D eigenvalue weighted by Crippen LogP contribution is -2.34. The van der Waals surface area contributed by atoms with Crippen LogP contribution in [0.25, 0.3) is 11.0 Å². The van der Waals surface area contributed by atoms with E-state index in [2.05, 4.69) is 23.8 Å². The van der Waals surface area contributed by atoms with Crippen LogP contribution in [-0.4, -0.2) is 15.8 Å². The van der Waals surface area contributed by atoms with E-state index in [1.54, 1.807) is 12.1 Å². The fourth-order valence-electron chi connectivity index (χ4n) is 3.37. The molecular formula is C16H20N2O2. The van der Waals surface area contributed by atoms with Gasteiger partial charge in [0.25, 0.3) is 0 Å². The van der Waals surface area contributed by atoms with Gasteiger partial charge < -0.3 is 9.97 Å². The van der Waals surface area contributed by atoms with Crippen molar-refractivity contribution in [1.82, 2.24) is 9.97 Å². The molecule has 1 aliphatic rings. The van der Waals surface area contributed by atoms with Gasteiger partial charge in [-0.25, -0.2) is 4.79 Å². The summed E-state index contributed by atoms with van der Waals surface area (Å²) in [5.74, 6) is 0.290. The van der Waals surface area contributed by atoms with E-state index in [0.717, 1.165) is 24.8 Å². The van der Waals surface area contributed by atoms with E-state index in [1.807, 2.05) is 6.07 Å². The molecule has 1 heterocycles. The van der Waals surface area contributed by atoms with E-state index in [9.17, 15) is 9.59 Å². The molecule has 106 valence electrons. The van der Waals surface area contributed by atoms with Crippen molar-refractivity contribution in [2.45, 2.75) is 39.5 Å². The number of hydrogen-bond donors (Lipinski definition) is 2. The summed E-state index contributed by atoms with van der Waals surface area (Å²) in [6, 6.07) is 5.41. The van der Waals surface area contributed by atoms with E-state index in [-0.39, 0.29) is 22.8 Å². The summed E-state index contributed by atoms with van der Waals surface area (Å²) in [5, 5.41) is 0. The van der Waals surface area contributed by atoms with E-state index >= 15 is 0 Å². The van der Waals surface area contributed by atoms with Crippen LogP contribution in [0.4, 0.5) is 0 Å². The summed E-state index contributed by atoms with van der Waals surface area (Å²) in [4.78, 5) is 29.5. The smallest absolute Gasteiger partial charge is 0.306 e. The molecule has 1 fully saturated rings. The quantitative estimate of drug-likeness (QED) is 0.824. The lowest BCUT2D eigenvalue weighted by molar-refractivity contribution is 0.0697. The van der Waals surface area contributed by atoms with Crippen molar-refractivity contribution in [3.05, 3.63) is 34.2 Å². The molecular weight excluding hydrogens is 252 g/mol. The molecule has 2 aromatic rings. The molecule has 1 saturated carbocycles. The molecule has 1 aromatic heterocycles. The van der Waals surface area contributed by atoms with Crippen LogP contribution >= 0.6 is 0 Å². The molecule has 0 amide bonds. The molecule has 1 unspecified atom stereocenters. The summed E-state index contributed by atoms with van der Waals surface area (Å²) in [6.45, 7) is 4.37. The molecule has 0 saturated heterocycles. The summed E-state index contributed by atoms with van der Waals surface area (Å²) >= 11 is 0. The third kappa shape index (κ3) is 2.19. The Hall–Kier alpha value is -1.84. The molecule has 0 bridgehead atoms. The van der Waals surface area contributed by atoms with Gasteiger partial charge in [0.1, 0.15) is 0 Å². The number of carbonyl (C=O) groups excluding carboxylic acids is 1. The highest BCUT2D eigenvalue weighted by atomic mass is 16.1. The Kier molecular flexibility index (Phi) is 3.04. The standard InChI is InChI=1S/C16H20N2O2/c1-16(2)8-4-3-5-11(16)14(19)10-6-7-12-13(9-10)18-15(20)17-12/h6-7,9,11H,3-5,8H2,1-2H3,(H2,17,18,20). The Morgan fingerprint density at radius 1 is 1.20 bits per heavy atom. The second kappa shape index (κ2) is 4.62. The Labute approximate surface area is 117 Å². The molecule has 4 nitrogen and oxygen atoms in total. The van der Waals surface area contributed by atoms with E-state index < -0.39 is 0 Å². The summed E-state index contributed by atoms with van der Waals surface area (Å²) in [7, 11) is 0. The summed E-state index contributed by atoms with van der Waals surface area (Å²) in [6.07, 6.45) is 4.41. The second-order valence-corrected chi connectivity index (χ2v) is 6.49. The van der Waals surface area contributed by atoms with Gasteiger partial charge in [0.05, 0.1) is 11.0 Å². The van der Waals surface area contributed by atoms with Gasteiger partial charge in [-0.3, -0.25) is 4.79 Å². The first-order valence-corrected chi connectivity index (χ1v) is 7.24. The van der Waals surface area contributed by atoms with Gasteiger partial charge in [0.15, 0.2) is 5.78 Å². The van der Waals surface area contributed by atoms with Crippen LogP contribution in [0.1, 0.15) is 49.9 Å². The monoisotopic (exact) mass is 272 g/mol. The maximum atomic E-state index is 12.8. The maximum absolute atomic E-state index is 12.8. The number of benzene rings is 1. The second-order valence-electron chi connectivity index (χ2n) is 6.49. The predicted molar refractivity (Wildman–Crippen MR) is 79.0 cm³/mol. The zero-order valence-corrected chi connectivity index (χ0v) is 12.0. The van der Waals surface area contributed by atoms with Gasteiger partial charge in [-0.15, -0.1) is 0 Å². The minimum Gasteiger partial charge on any atom is -0.306 e. The van der Waals surface area contributed by atoms with E-state index in [0.29, 0.717) is 11.1 Å². The highest BCUT2D eigenvalue weighted by molar-refractivity contribution is 6.00. The highest BCUT2D eigenvalue weighted by Crippen LogP contribution is 2.42. The first kappa shape index (κ1) is 13.2. The van der Waals surface area contributed by atoms with Crippen molar-refractivity contribution in [2.75, 3.05) is 0 Å². The van der Waals surface area contributed by atoms with E-state index in [4.69, 9.17) is 0 Å². The van der Waals surface area contributed by atoms with Crippen molar-refractivity contribution in [3.63, 3.8) is 0 Å². The minimum absolute atomic E-state index is 0.0653. The molecule has 0 spiro atoms. The van der Waals surface area contributed by atoms with Crippen molar-refractivity contribution < 1.29 is 4.79 Å². The third-order valence-corrected chi connectivity index (χ3v) is 4.62. The maximum Gasteiger partial charge on any atom is 0.323 e. The Balaban J connectivity index is 1.97. The van der Waals surface area contributed by atoms with Gasteiger partial charge in [0.2, 0.25) is 0 Å². The van der Waals surface area contributed by atoms with Crippen molar-refractivity contribution in [1.29, 1.82) is 0 Å². The number of rotatable bonds is 2. The average Bonchev–Trinajstić information content (AvgIpc) is 2.76. The lowest BCUT2D eigenvalue weighted by atomic mass is 9.66. The number of hydrogen-bond acceptors (Lipinski definition) is 2. The predicted octanol–water partition coefficient (Wildman–Crippen LogP) is 3.26. The zero-order chi connectivity index (χ0) is 14.3. The number of aromatic nitrogens is 2. The topological polar surface area (TPSA) is 65.7 Å². The van der Waals surface area contributed by atoms with Gasteiger partial charge in [-0.2, -0.15) is 0 Å². The highest BCUT2D eigenvalue weighted by Gasteiger charge is 2.37. The SMILES string of the molecule is CC1(C)CCCCC1C(=O)c1ccc2[nH]c(=O)[nH]c2c1. The number of nitrogens with one attached hydrogen (secondary N) is 2. The molecule has 0 radical (unpaired) electrons. The minimum atomic E-state index is -0.234. The number of H-pyrrole nitrogens is 2. The number of ketones is 1. The van der Waals surface area contributed by atoms with Crippen LogP contribution in [0.3, 0.4) is 0 Å². The van der Waals surface area contributed by atoms with Crippen LogP contribution in [0.5, 0.6) is 0 Å². The molecule has 20 heavy (non-hydrogen) atoms. The normalized spacial score (nSPS) is 22.0. The fraction of sp³-hybridized carbons (Fsp3) is 0.500. The molecule has 4 heteroatoms. The average molecular weight is 272 g/mol. The Morgan fingerprint density at radius 2 is 1.95 bits per heavy atom. The number of fused-ring (bicyclic) bond motifs is 1. The molecule has 0 aliphatic heterocycles. The number of carbonyl (C=O) groups is 1. The number of aromatic amines is 2. The van der Waals surface area contributed by atoms with Gasteiger partial charge in [-0.1, -0.05) is 26.7 Å². The summed E-state index contributed by atoms with van der Waals surface area (Å²) < 4.78 is 0. The fourth-order valence-corrected chi connectivity index (χ4v) is 3.37. The zero-order valence-electron chi connectivity index (χ0n) is 12.0. The number of imidazole rings is 1. The lowest BCUT2D eigenvalue weighted by Gasteiger charge is -2.37. The van der Waals surface area contributed by atoms with Crippen LogP contribution in [0.15, 0.2) is 23.0 Å². The Morgan fingerprint density at radius 3 is 2.70 bits per heavy atom. The van der Waals surface area contributed by atoms with Crippen molar-refractivity contribution in [3.8, 4) is 0 Å². The van der Waals surface area contributed by atoms with Crippen LogP contribution in [-0.2, 0) is 0 Å². The third-order valence-electron chi connectivity index (χ3n) is 4.62. The van der Waals surface area contributed by atoms with E-state index in [1.165, 1.54) is 6.42 Å². The largest absolute Gasteiger partial charge is 0.323 e. The first-order valence-electron chi connectivity index (χ1n) is 7.24. The van der Waals surface area contributed by atoms with Crippen LogP contribution < -0.4 is 5.69 Å². The molecule has 3 rings (SSSR count). The molecule has 1 aliphatic carbocycles. The molecule has 2 N–H and O–H groups in total. The molecule has 1 aromatic carbocycles. The van der Waals surface area contributed by atoms with Gasteiger partial charge in [-0.05, 0) is 36.5 Å². The first-order chi connectivity index (χ1) is 9.47. The van der Waals surface area contributed by atoms with Crippen LogP contribution in [0.2, 0.25) is 0 Å². The Bertz CT molecular complexity index is 709. The van der Waals surface area contributed by atoms with Gasteiger partial charge in [0, 0.05) is 11.5 Å². The van der Waals surface area contributed by atoms with Crippen molar-refractivity contribution in [2.24, 2.45) is 11.3 Å². The summed E-state index contributed by atoms with van der Waals surface area (Å²) in [5.41, 5.74) is 1.98. The van der Waals surface area contributed by atoms with Crippen molar-refractivity contribution >= 4 is 16.8 Å². The number of Topliss-reactive ketones (excluding diaryl/α,β-unsaturated/α-hetero) is 1. The van der Waals surface area contributed by atoms with Crippen LogP contribution in [0, 0.1) is 11.3 Å².